The molecule has 2 aromatic carbocycles. The van der Waals surface area contributed by atoms with Gasteiger partial charge in [0.2, 0.25) is 0 Å². The quantitative estimate of drug-likeness (QED) is 0.351. The van der Waals surface area contributed by atoms with Crippen molar-refractivity contribution >= 4 is 11.6 Å². The van der Waals surface area contributed by atoms with Gasteiger partial charge in [0.25, 0.3) is 5.91 Å². The second-order valence-corrected chi connectivity index (χ2v) is 10.5. The Bertz CT molecular complexity index is 1520. The highest BCUT2D eigenvalue weighted by molar-refractivity contribution is 5.94. The Morgan fingerprint density at radius 3 is 2.29 bits per heavy atom. The molecule has 6 heteroatoms. The number of hydrogen-bond acceptors (Lipinski definition) is 4. The number of carbonyl (C=O) groups is 1. The van der Waals surface area contributed by atoms with Crippen LogP contribution in [0.25, 0.3) is 28.0 Å². The van der Waals surface area contributed by atoms with Crippen LogP contribution in [-0.2, 0) is 0 Å². The molecule has 1 amide bonds. The van der Waals surface area contributed by atoms with Gasteiger partial charge in [0.05, 0.1) is 23.5 Å². The van der Waals surface area contributed by atoms with Gasteiger partial charge in [0.1, 0.15) is 5.65 Å². The highest BCUT2D eigenvalue weighted by Gasteiger charge is 2.28. The van der Waals surface area contributed by atoms with Crippen molar-refractivity contribution in [1.82, 2.24) is 19.2 Å². The van der Waals surface area contributed by atoms with Gasteiger partial charge in [-0.3, -0.25) is 9.20 Å². The maximum Gasteiger partial charge on any atom is 0.253 e. The van der Waals surface area contributed by atoms with E-state index in [1.54, 1.807) is 0 Å². The number of benzene rings is 2. The Balaban J connectivity index is 1.15. The van der Waals surface area contributed by atoms with Crippen molar-refractivity contribution in [2.45, 2.75) is 19.3 Å². The number of allylic oxidation sites excluding steroid dienone is 1. The van der Waals surface area contributed by atoms with Gasteiger partial charge in [-0.15, -0.1) is 0 Å². The number of amides is 1. The Labute approximate surface area is 223 Å². The maximum atomic E-state index is 13.2. The smallest absolute Gasteiger partial charge is 0.253 e. The lowest BCUT2D eigenvalue weighted by molar-refractivity contribution is 0.0664. The third-order valence-corrected chi connectivity index (χ3v) is 8.12. The number of pyridine rings is 1. The number of piperidine rings is 1. The molecule has 6 nitrogen and oxygen atoms in total. The second-order valence-electron chi connectivity index (χ2n) is 10.5. The van der Waals surface area contributed by atoms with E-state index in [0.717, 1.165) is 66.1 Å². The molecule has 0 saturated carbocycles. The van der Waals surface area contributed by atoms with Crippen LogP contribution in [0.4, 0.5) is 0 Å². The van der Waals surface area contributed by atoms with Gasteiger partial charge >= 0.3 is 0 Å². The lowest BCUT2D eigenvalue weighted by atomic mass is 9.81. The van der Waals surface area contributed by atoms with E-state index in [0.29, 0.717) is 17.4 Å². The molecule has 38 heavy (non-hydrogen) atoms. The van der Waals surface area contributed by atoms with Gasteiger partial charge in [-0.2, -0.15) is 5.26 Å². The minimum absolute atomic E-state index is 0.127. The SMILES string of the molecule is CN1C=CC(C2CCN(C(=O)c3ccc(-c4ccc5ncc(-c6ccc(C#N)cc6)n5c4)cc3)CC2)CC1. The molecule has 2 aliphatic heterocycles. The fourth-order valence-corrected chi connectivity index (χ4v) is 5.77. The first-order valence-electron chi connectivity index (χ1n) is 13.3. The molecule has 0 N–H and O–H groups in total. The molecule has 2 aliphatic rings. The summed E-state index contributed by atoms with van der Waals surface area (Å²) >= 11 is 0. The van der Waals surface area contributed by atoms with E-state index in [9.17, 15) is 4.79 Å². The van der Waals surface area contributed by atoms with Gasteiger partial charge in [-0.05, 0) is 84.8 Å². The summed E-state index contributed by atoms with van der Waals surface area (Å²) in [5.74, 6) is 1.45. The first-order chi connectivity index (χ1) is 18.6. The van der Waals surface area contributed by atoms with Crippen molar-refractivity contribution in [2.75, 3.05) is 26.7 Å². The maximum absolute atomic E-state index is 13.2. The lowest BCUT2D eigenvalue weighted by Gasteiger charge is -2.37. The van der Waals surface area contributed by atoms with Gasteiger partial charge in [-0.1, -0.05) is 30.3 Å². The van der Waals surface area contributed by atoms with Gasteiger partial charge < -0.3 is 9.80 Å². The topological polar surface area (TPSA) is 64.6 Å². The van der Waals surface area contributed by atoms with E-state index >= 15 is 0 Å². The van der Waals surface area contributed by atoms with Crippen LogP contribution in [-0.4, -0.2) is 51.8 Å². The summed E-state index contributed by atoms with van der Waals surface area (Å²) in [7, 11) is 2.13. The summed E-state index contributed by atoms with van der Waals surface area (Å²) in [6.07, 6.45) is 11.9. The van der Waals surface area contributed by atoms with E-state index in [1.807, 2.05) is 65.7 Å². The van der Waals surface area contributed by atoms with Crippen LogP contribution < -0.4 is 0 Å². The molecule has 1 saturated heterocycles. The molecule has 1 fully saturated rings. The Hall–Kier alpha value is -4.37. The van der Waals surface area contributed by atoms with Crippen molar-refractivity contribution in [1.29, 1.82) is 5.26 Å². The number of carbonyl (C=O) groups excluding carboxylic acids is 1. The van der Waals surface area contributed by atoms with E-state index in [4.69, 9.17) is 5.26 Å². The molecule has 6 rings (SSSR count). The van der Waals surface area contributed by atoms with Crippen molar-refractivity contribution < 1.29 is 4.79 Å². The summed E-state index contributed by atoms with van der Waals surface area (Å²) in [5, 5.41) is 9.09. The lowest BCUT2D eigenvalue weighted by Crippen LogP contribution is -2.40. The highest BCUT2D eigenvalue weighted by Crippen LogP contribution is 2.31. The van der Waals surface area contributed by atoms with Crippen molar-refractivity contribution in [2.24, 2.45) is 11.8 Å². The van der Waals surface area contributed by atoms with Gasteiger partial charge in [0.15, 0.2) is 0 Å². The van der Waals surface area contributed by atoms with E-state index in [2.05, 4.69) is 51.9 Å². The van der Waals surface area contributed by atoms with Crippen molar-refractivity contribution in [3.05, 3.63) is 96.5 Å². The standard InChI is InChI=1S/C32H31N5O/c1-35-16-12-25(13-17-35)26-14-18-36(19-15-26)32(38)28-8-6-24(7-9-28)29-10-11-31-34-21-30(37(31)22-29)27-4-2-23(20-33)3-5-27/h2-12,16,21-22,25-26H,13-15,17-19H2,1H3. The normalized spacial score (nSPS) is 18.1. The highest BCUT2D eigenvalue weighted by atomic mass is 16.2. The number of nitriles is 1. The number of hydrogen-bond donors (Lipinski definition) is 0. The molecular formula is C32H31N5O. The number of imidazole rings is 1. The Morgan fingerprint density at radius 2 is 1.61 bits per heavy atom. The van der Waals surface area contributed by atoms with E-state index in [-0.39, 0.29) is 5.91 Å². The zero-order chi connectivity index (χ0) is 26.1. The number of fused-ring (bicyclic) bond motifs is 1. The van der Waals surface area contributed by atoms with Crippen LogP contribution in [0, 0.1) is 23.2 Å². The third-order valence-electron chi connectivity index (χ3n) is 8.12. The van der Waals surface area contributed by atoms with Crippen LogP contribution in [0.5, 0.6) is 0 Å². The average Bonchev–Trinajstić information content (AvgIpc) is 3.41. The van der Waals surface area contributed by atoms with Crippen LogP contribution in [0.15, 0.2) is 85.3 Å². The monoisotopic (exact) mass is 501 g/mol. The van der Waals surface area contributed by atoms with Crippen molar-refractivity contribution in [3.8, 4) is 28.5 Å². The fraction of sp³-hybridized carbons (Fsp3) is 0.281. The molecule has 2 aromatic heterocycles. The van der Waals surface area contributed by atoms with Gasteiger partial charge in [-0.25, -0.2) is 4.98 Å². The summed E-state index contributed by atoms with van der Waals surface area (Å²) in [5.41, 5.74) is 6.32. The predicted molar refractivity (Wildman–Crippen MR) is 149 cm³/mol. The predicted octanol–water partition coefficient (Wildman–Crippen LogP) is 5.86. The second kappa shape index (κ2) is 10.2. The van der Waals surface area contributed by atoms with Gasteiger partial charge in [0, 0.05) is 44.0 Å². The number of likely N-dealkylation sites (tertiary alicyclic amines) is 1. The zero-order valence-electron chi connectivity index (χ0n) is 21.6. The van der Waals surface area contributed by atoms with Crippen molar-refractivity contribution in [3.63, 3.8) is 0 Å². The molecule has 0 aliphatic carbocycles. The molecule has 4 heterocycles. The Kier molecular flexibility index (Phi) is 6.43. The van der Waals surface area contributed by atoms with Crippen LogP contribution in [0.3, 0.4) is 0 Å². The first-order valence-corrected chi connectivity index (χ1v) is 13.3. The molecular weight excluding hydrogens is 470 g/mol. The Morgan fingerprint density at radius 1 is 0.895 bits per heavy atom. The van der Waals surface area contributed by atoms with E-state index in [1.165, 1.54) is 6.42 Å². The fourth-order valence-electron chi connectivity index (χ4n) is 5.77. The summed E-state index contributed by atoms with van der Waals surface area (Å²) in [6, 6.07) is 21.7. The summed E-state index contributed by atoms with van der Waals surface area (Å²) in [4.78, 5) is 22.0. The first kappa shape index (κ1) is 24.0. The molecule has 0 bridgehead atoms. The number of nitrogens with zero attached hydrogens (tertiary/aromatic N) is 5. The largest absolute Gasteiger partial charge is 0.381 e. The molecule has 1 unspecified atom stereocenters. The molecule has 0 spiro atoms. The average molecular weight is 502 g/mol. The van der Waals surface area contributed by atoms with E-state index < -0.39 is 0 Å². The number of aromatic nitrogens is 2. The third kappa shape index (κ3) is 4.68. The van der Waals surface area contributed by atoms with Crippen LogP contribution in [0.2, 0.25) is 0 Å². The molecule has 1 atom stereocenters. The van der Waals surface area contributed by atoms with Crippen LogP contribution in [0.1, 0.15) is 35.2 Å². The summed E-state index contributed by atoms with van der Waals surface area (Å²) in [6.45, 7) is 2.79. The zero-order valence-corrected chi connectivity index (χ0v) is 21.6. The molecule has 190 valence electrons. The minimum Gasteiger partial charge on any atom is -0.381 e. The summed E-state index contributed by atoms with van der Waals surface area (Å²) < 4.78 is 2.07. The molecule has 0 radical (unpaired) electrons. The molecule has 4 aromatic rings. The number of rotatable bonds is 4. The minimum atomic E-state index is 0.127. The van der Waals surface area contributed by atoms with Crippen LogP contribution >= 0.6 is 0 Å².